The Kier molecular flexibility index (Phi) is 7.84. The maximum atomic E-state index is 12.9. The lowest BCUT2D eigenvalue weighted by atomic mass is 10.1. The molecule has 8 heteroatoms. The summed E-state index contributed by atoms with van der Waals surface area (Å²) in [6.07, 6.45) is 1.65. The minimum Gasteiger partial charge on any atom is -0.444 e. The first-order chi connectivity index (χ1) is 14.4. The zero-order valence-corrected chi connectivity index (χ0v) is 23.0. The summed E-state index contributed by atoms with van der Waals surface area (Å²) in [5, 5.41) is 0.758. The number of amides is 1. The molecule has 0 radical (unpaired) electrons. The molecule has 0 N–H and O–H groups in total. The predicted octanol–water partition coefficient (Wildman–Crippen LogP) is 6.67. The Bertz CT molecular complexity index is 809. The molecule has 2 unspecified atom stereocenters. The lowest BCUT2D eigenvalue weighted by molar-refractivity contribution is -0.0214. The average Bonchev–Trinajstić information content (AvgIpc) is 3.24. The first-order valence-electron chi connectivity index (χ1n) is 11.2. The van der Waals surface area contributed by atoms with Gasteiger partial charge in [0.15, 0.2) is 0 Å². The largest absolute Gasteiger partial charge is 0.444 e. The van der Waals surface area contributed by atoms with Crippen LogP contribution in [-0.4, -0.2) is 55.5 Å². The van der Waals surface area contributed by atoms with E-state index in [-0.39, 0.29) is 18.3 Å². The molecule has 0 aliphatic carbocycles. The second-order valence-electron chi connectivity index (χ2n) is 10.8. The van der Waals surface area contributed by atoms with Gasteiger partial charge in [-0.05, 0) is 72.8 Å². The Labute approximate surface area is 201 Å². The molecule has 5 nitrogen and oxygen atoms in total. The molecule has 2 atom stereocenters. The second-order valence-corrected chi connectivity index (χ2v) is 17.7. The van der Waals surface area contributed by atoms with E-state index in [1.165, 1.54) is 5.56 Å². The summed E-state index contributed by atoms with van der Waals surface area (Å²) in [4.78, 5) is 17.2. The molecular formula is C23H36BrClN2O3Si. The highest BCUT2D eigenvalue weighted by Gasteiger charge is 2.43. The smallest absolute Gasteiger partial charge is 0.411 e. The van der Waals surface area contributed by atoms with Gasteiger partial charge in [0.25, 0.3) is 0 Å². The molecule has 2 heterocycles. The standard InChI is InChI=1S/C23H36BrClN2O3Si/c1-23(2,3)30-22(28)26-11-7-8-20(26)27-14-17-16(9-10-18(24)21(17)25)19(27)15-29-12-13-31(4,5)6/h9-10,19-20H,7-8,11-15H2,1-6H3. The maximum Gasteiger partial charge on any atom is 0.411 e. The van der Waals surface area contributed by atoms with Crippen molar-refractivity contribution in [1.29, 1.82) is 0 Å². The molecule has 3 rings (SSSR count). The van der Waals surface area contributed by atoms with E-state index in [4.69, 9.17) is 21.1 Å². The van der Waals surface area contributed by atoms with E-state index in [1.807, 2.05) is 31.7 Å². The van der Waals surface area contributed by atoms with E-state index in [0.29, 0.717) is 19.7 Å². The Balaban J connectivity index is 1.81. The van der Waals surface area contributed by atoms with E-state index in [2.05, 4.69) is 46.5 Å². The summed E-state index contributed by atoms with van der Waals surface area (Å²) in [5.74, 6) is 0. The second kappa shape index (κ2) is 9.72. The number of halogens is 2. The number of hydrogen-bond acceptors (Lipinski definition) is 4. The SMILES string of the molecule is CC(C)(C)OC(=O)N1CCCC1N1Cc2c(ccc(Br)c2Cl)C1COCC[Si](C)(C)C. The average molecular weight is 532 g/mol. The van der Waals surface area contributed by atoms with E-state index in [1.54, 1.807) is 0 Å². The van der Waals surface area contributed by atoms with Gasteiger partial charge < -0.3 is 9.47 Å². The monoisotopic (exact) mass is 530 g/mol. The van der Waals surface area contributed by atoms with Gasteiger partial charge in [0.1, 0.15) is 5.60 Å². The summed E-state index contributed by atoms with van der Waals surface area (Å²) >= 11 is 10.2. The van der Waals surface area contributed by atoms with Gasteiger partial charge in [0.05, 0.1) is 23.8 Å². The van der Waals surface area contributed by atoms with Crippen LogP contribution in [0, 0.1) is 0 Å². The third kappa shape index (κ3) is 6.25. The maximum absolute atomic E-state index is 12.9. The van der Waals surface area contributed by atoms with Gasteiger partial charge in [-0.3, -0.25) is 9.80 Å². The Hall–Kier alpha value is -0.603. The van der Waals surface area contributed by atoms with Gasteiger partial charge in [-0.15, -0.1) is 0 Å². The Morgan fingerprint density at radius 3 is 2.65 bits per heavy atom. The van der Waals surface area contributed by atoms with Crippen LogP contribution in [0.4, 0.5) is 4.79 Å². The van der Waals surface area contributed by atoms with Crippen molar-refractivity contribution in [2.24, 2.45) is 0 Å². The minimum atomic E-state index is -1.15. The first kappa shape index (κ1) is 25.0. The minimum absolute atomic E-state index is 0.0114. The van der Waals surface area contributed by atoms with Crippen molar-refractivity contribution in [3.63, 3.8) is 0 Å². The zero-order chi connectivity index (χ0) is 23.0. The van der Waals surface area contributed by atoms with Gasteiger partial charge in [-0.2, -0.15) is 0 Å². The summed E-state index contributed by atoms with van der Waals surface area (Å²) in [5.41, 5.74) is 1.83. The molecule has 2 aliphatic heterocycles. The van der Waals surface area contributed by atoms with Crippen molar-refractivity contribution < 1.29 is 14.3 Å². The molecule has 31 heavy (non-hydrogen) atoms. The highest BCUT2D eigenvalue weighted by molar-refractivity contribution is 9.10. The molecule has 1 aromatic rings. The number of ether oxygens (including phenoxy) is 2. The lowest BCUT2D eigenvalue weighted by Crippen LogP contribution is -2.48. The van der Waals surface area contributed by atoms with Gasteiger partial charge in [-0.1, -0.05) is 37.3 Å². The number of fused-ring (bicyclic) bond motifs is 1. The summed E-state index contributed by atoms with van der Waals surface area (Å²) < 4.78 is 12.8. The van der Waals surface area contributed by atoms with E-state index >= 15 is 0 Å². The van der Waals surface area contributed by atoms with Crippen LogP contribution >= 0.6 is 27.5 Å². The molecule has 1 amide bonds. The van der Waals surface area contributed by atoms with Crippen LogP contribution in [0.2, 0.25) is 30.7 Å². The van der Waals surface area contributed by atoms with Crippen molar-refractivity contribution >= 4 is 41.7 Å². The summed E-state index contributed by atoms with van der Waals surface area (Å²) in [7, 11) is -1.15. The fourth-order valence-electron chi connectivity index (χ4n) is 4.25. The van der Waals surface area contributed by atoms with Crippen LogP contribution in [0.3, 0.4) is 0 Å². The molecule has 174 valence electrons. The quantitative estimate of drug-likeness (QED) is 0.304. The number of hydrogen-bond donors (Lipinski definition) is 0. The molecule has 0 aromatic heterocycles. The van der Waals surface area contributed by atoms with E-state index < -0.39 is 13.7 Å². The van der Waals surface area contributed by atoms with E-state index in [0.717, 1.165) is 40.6 Å². The van der Waals surface area contributed by atoms with Crippen molar-refractivity contribution in [1.82, 2.24) is 9.80 Å². The zero-order valence-electron chi connectivity index (χ0n) is 19.6. The normalized spacial score (nSPS) is 22.1. The van der Waals surface area contributed by atoms with Crippen molar-refractivity contribution in [2.45, 2.75) is 83.7 Å². The number of carbonyl (C=O) groups excluding carboxylic acids is 1. The van der Waals surface area contributed by atoms with Crippen LogP contribution in [0.5, 0.6) is 0 Å². The Morgan fingerprint density at radius 1 is 1.29 bits per heavy atom. The fourth-order valence-corrected chi connectivity index (χ4v) is 5.61. The fraction of sp³-hybridized carbons (Fsp3) is 0.696. The van der Waals surface area contributed by atoms with Crippen LogP contribution in [-0.2, 0) is 16.0 Å². The molecule has 1 saturated heterocycles. The number of carbonyl (C=O) groups is 1. The number of benzene rings is 1. The summed E-state index contributed by atoms with van der Waals surface area (Å²) in [6.45, 7) is 15.6. The topological polar surface area (TPSA) is 42.0 Å². The van der Waals surface area contributed by atoms with E-state index in [9.17, 15) is 4.79 Å². The van der Waals surface area contributed by atoms with Gasteiger partial charge in [0.2, 0.25) is 0 Å². The van der Waals surface area contributed by atoms with Gasteiger partial charge in [0, 0.05) is 32.2 Å². The molecule has 1 aromatic carbocycles. The van der Waals surface area contributed by atoms with Gasteiger partial charge in [-0.25, -0.2) is 4.79 Å². The van der Waals surface area contributed by atoms with Crippen LogP contribution in [0.15, 0.2) is 16.6 Å². The van der Waals surface area contributed by atoms with Crippen molar-refractivity contribution in [2.75, 3.05) is 19.8 Å². The predicted molar refractivity (Wildman–Crippen MR) is 132 cm³/mol. The van der Waals surface area contributed by atoms with Crippen molar-refractivity contribution in [3.8, 4) is 0 Å². The third-order valence-electron chi connectivity index (χ3n) is 5.84. The van der Waals surface area contributed by atoms with Crippen LogP contribution in [0.1, 0.15) is 50.8 Å². The van der Waals surface area contributed by atoms with Crippen molar-refractivity contribution in [3.05, 3.63) is 32.8 Å². The number of nitrogens with zero attached hydrogens (tertiary/aromatic N) is 2. The highest BCUT2D eigenvalue weighted by atomic mass is 79.9. The molecular weight excluding hydrogens is 496 g/mol. The third-order valence-corrected chi connectivity index (χ3v) is 8.86. The first-order valence-corrected chi connectivity index (χ1v) is 16.0. The highest BCUT2D eigenvalue weighted by Crippen LogP contribution is 2.43. The molecule has 1 fully saturated rings. The number of likely N-dealkylation sites (tertiary alicyclic amines) is 1. The summed E-state index contributed by atoms with van der Waals surface area (Å²) in [6, 6.07) is 5.38. The lowest BCUT2D eigenvalue weighted by Gasteiger charge is -2.37. The molecule has 2 aliphatic rings. The van der Waals surface area contributed by atoms with Gasteiger partial charge >= 0.3 is 6.09 Å². The Morgan fingerprint density at radius 2 is 2.00 bits per heavy atom. The molecule has 0 bridgehead atoms. The van der Waals surface area contributed by atoms with Crippen LogP contribution in [0.25, 0.3) is 0 Å². The number of rotatable bonds is 6. The van der Waals surface area contributed by atoms with Crippen LogP contribution < -0.4 is 0 Å². The molecule has 0 spiro atoms. The molecule has 0 saturated carbocycles.